The number of carbonyl (C=O) groups excluding carboxylic acids is 1. The number of thioether (sulfide) groups is 1. The molecule has 0 aliphatic carbocycles. The second-order valence-electron chi connectivity index (χ2n) is 5.54. The summed E-state index contributed by atoms with van der Waals surface area (Å²) in [5.74, 6) is 1.53. The van der Waals surface area contributed by atoms with E-state index < -0.39 is 0 Å². The van der Waals surface area contributed by atoms with Crippen molar-refractivity contribution < 1.29 is 9.53 Å². The molecule has 1 aromatic heterocycles. The molecule has 5 nitrogen and oxygen atoms in total. The lowest BCUT2D eigenvalue weighted by atomic mass is 10.1. The molecule has 24 heavy (non-hydrogen) atoms. The number of hydrogen-bond donors (Lipinski definition) is 0. The van der Waals surface area contributed by atoms with Gasteiger partial charge in [0, 0.05) is 31.0 Å². The van der Waals surface area contributed by atoms with Gasteiger partial charge in [0.05, 0.1) is 12.1 Å². The molecule has 126 valence electrons. The molecule has 0 N–H and O–H groups in total. The van der Waals surface area contributed by atoms with Crippen molar-refractivity contribution >= 4 is 17.7 Å². The van der Waals surface area contributed by atoms with Crippen LogP contribution >= 0.6 is 11.8 Å². The first-order valence-electron chi connectivity index (χ1n) is 7.99. The van der Waals surface area contributed by atoms with E-state index in [1.54, 1.807) is 30.4 Å². The first-order chi connectivity index (χ1) is 11.8. The standard InChI is InChI=1S/C18H21N3O2S/c1-2-12-23-16-7-4-3-6-15(16)18-21(17(22)13-24-18)10-5-9-20-11-8-19-14-20/h2-4,6-8,11,14,18H,1,5,9-10,12-13H2. The van der Waals surface area contributed by atoms with Gasteiger partial charge in [-0.2, -0.15) is 0 Å². The van der Waals surface area contributed by atoms with Gasteiger partial charge in [0.15, 0.2) is 0 Å². The number of aryl methyl sites for hydroxylation is 1. The Hall–Kier alpha value is -2.21. The first-order valence-corrected chi connectivity index (χ1v) is 9.04. The highest BCUT2D eigenvalue weighted by Crippen LogP contribution is 2.42. The monoisotopic (exact) mass is 343 g/mol. The van der Waals surface area contributed by atoms with Gasteiger partial charge >= 0.3 is 0 Å². The van der Waals surface area contributed by atoms with E-state index in [9.17, 15) is 4.79 Å². The number of imidazole rings is 1. The van der Waals surface area contributed by atoms with Crippen molar-refractivity contribution in [3.05, 3.63) is 61.2 Å². The van der Waals surface area contributed by atoms with Gasteiger partial charge in [-0.15, -0.1) is 11.8 Å². The normalized spacial score (nSPS) is 17.2. The predicted octanol–water partition coefficient (Wildman–Crippen LogP) is 3.11. The van der Waals surface area contributed by atoms with Crippen LogP contribution in [0.4, 0.5) is 0 Å². The molecule has 1 saturated heterocycles. The third-order valence-electron chi connectivity index (χ3n) is 3.88. The highest BCUT2D eigenvalue weighted by atomic mass is 32.2. The van der Waals surface area contributed by atoms with Crippen molar-refractivity contribution in [1.29, 1.82) is 0 Å². The van der Waals surface area contributed by atoms with Crippen LogP contribution < -0.4 is 4.74 Å². The van der Waals surface area contributed by atoms with Crippen molar-refractivity contribution in [2.24, 2.45) is 0 Å². The van der Waals surface area contributed by atoms with E-state index in [0.717, 1.165) is 30.8 Å². The van der Waals surface area contributed by atoms with Gasteiger partial charge < -0.3 is 14.2 Å². The number of para-hydroxylation sites is 1. The highest BCUT2D eigenvalue weighted by Gasteiger charge is 2.33. The van der Waals surface area contributed by atoms with Crippen LogP contribution in [0.1, 0.15) is 17.4 Å². The summed E-state index contributed by atoms with van der Waals surface area (Å²) < 4.78 is 7.80. The molecule has 3 rings (SSSR count). The molecular formula is C18H21N3O2S. The average molecular weight is 343 g/mol. The van der Waals surface area contributed by atoms with E-state index in [1.165, 1.54) is 0 Å². The maximum absolute atomic E-state index is 12.3. The predicted molar refractivity (Wildman–Crippen MR) is 95.9 cm³/mol. The molecule has 1 amide bonds. The SMILES string of the molecule is C=CCOc1ccccc1C1SCC(=O)N1CCCn1ccnc1. The molecule has 0 radical (unpaired) electrons. The molecule has 2 aromatic rings. The van der Waals surface area contributed by atoms with Crippen molar-refractivity contribution in [2.45, 2.75) is 18.3 Å². The highest BCUT2D eigenvalue weighted by molar-refractivity contribution is 8.00. The summed E-state index contributed by atoms with van der Waals surface area (Å²) >= 11 is 1.66. The van der Waals surface area contributed by atoms with Crippen LogP contribution in [-0.2, 0) is 11.3 Å². The first kappa shape index (κ1) is 16.6. The van der Waals surface area contributed by atoms with Crippen LogP contribution in [0.3, 0.4) is 0 Å². The summed E-state index contributed by atoms with van der Waals surface area (Å²) in [6.07, 6.45) is 8.14. The Kier molecular flexibility index (Phi) is 5.59. The zero-order valence-electron chi connectivity index (χ0n) is 13.5. The van der Waals surface area contributed by atoms with E-state index in [1.807, 2.05) is 39.9 Å². The van der Waals surface area contributed by atoms with Crippen molar-refractivity contribution in [1.82, 2.24) is 14.5 Å². The summed E-state index contributed by atoms with van der Waals surface area (Å²) in [7, 11) is 0. The largest absolute Gasteiger partial charge is 0.489 e. The van der Waals surface area contributed by atoms with E-state index in [0.29, 0.717) is 12.4 Å². The fourth-order valence-electron chi connectivity index (χ4n) is 2.76. The maximum Gasteiger partial charge on any atom is 0.233 e. The topological polar surface area (TPSA) is 47.4 Å². The van der Waals surface area contributed by atoms with E-state index in [4.69, 9.17) is 4.74 Å². The number of benzene rings is 1. The Morgan fingerprint density at radius 3 is 3.04 bits per heavy atom. The lowest BCUT2D eigenvalue weighted by Crippen LogP contribution is -2.30. The summed E-state index contributed by atoms with van der Waals surface area (Å²) in [5, 5.41) is 0.0151. The van der Waals surface area contributed by atoms with Crippen LogP contribution in [-0.4, -0.2) is 39.3 Å². The van der Waals surface area contributed by atoms with Gasteiger partial charge in [-0.3, -0.25) is 4.79 Å². The molecule has 1 atom stereocenters. The van der Waals surface area contributed by atoms with Crippen molar-refractivity contribution in [2.75, 3.05) is 18.9 Å². The number of rotatable bonds is 8. The summed E-state index contributed by atoms with van der Waals surface area (Å²) in [5.41, 5.74) is 1.05. The minimum absolute atomic E-state index is 0.0151. The van der Waals surface area contributed by atoms with Gasteiger partial charge in [0.25, 0.3) is 0 Å². The third-order valence-corrected chi connectivity index (χ3v) is 5.12. The molecule has 0 spiro atoms. The van der Waals surface area contributed by atoms with Gasteiger partial charge in [-0.05, 0) is 12.5 Å². The maximum atomic E-state index is 12.3. The fraction of sp³-hybridized carbons (Fsp3) is 0.333. The lowest BCUT2D eigenvalue weighted by molar-refractivity contribution is -0.128. The van der Waals surface area contributed by atoms with Crippen molar-refractivity contribution in [3.63, 3.8) is 0 Å². The Bertz CT molecular complexity index is 687. The van der Waals surface area contributed by atoms with Crippen LogP contribution in [0.15, 0.2) is 55.6 Å². The minimum atomic E-state index is 0.0151. The van der Waals surface area contributed by atoms with Crippen LogP contribution in [0.2, 0.25) is 0 Å². The van der Waals surface area contributed by atoms with Crippen LogP contribution in [0.5, 0.6) is 5.75 Å². The Morgan fingerprint density at radius 1 is 1.38 bits per heavy atom. The number of nitrogens with zero attached hydrogens (tertiary/aromatic N) is 3. The van der Waals surface area contributed by atoms with E-state index >= 15 is 0 Å². The molecular weight excluding hydrogens is 322 g/mol. The number of aromatic nitrogens is 2. The molecule has 1 unspecified atom stereocenters. The molecule has 0 saturated carbocycles. The summed E-state index contributed by atoms with van der Waals surface area (Å²) in [6.45, 7) is 5.74. The summed E-state index contributed by atoms with van der Waals surface area (Å²) in [4.78, 5) is 18.3. The quantitative estimate of drug-likeness (QED) is 0.691. The lowest BCUT2D eigenvalue weighted by Gasteiger charge is -2.25. The Balaban J connectivity index is 1.69. The molecule has 2 heterocycles. The average Bonchev–Trinajstić information content (AvgIpc) is 3.24. The Morgan fingerprint density at radius 2 is 2.25 bits per heavy atom. The fourth-order valence-corrected chi connectivity index (χ4v) is 4.00. The zero-order chi connectivity index (χ0) is 16.8. The van der Waals surface area contributed by atoms with Gasteiger partial charge in [-0.1, -0.05) is 30.9 Å². The number of amides is 1. The smallest absolute Gasteiger partial charge is 0.233 e. The van der Waals surface area contributed by atoms with Gasteiger partial charge in [-0.25, -0.2) is 4.98 Å². The zero-order valence-corrected chi connectivity index (χ0v) is 14.3. The van der Waals surface area contributed by atoms with E-state index in [-0.39, 0.29) is 11.3 Å². The Labute approximate surface area is 146 Å². The van der Waals surface area contributed by atoms with Gasteiger partial charge in [0.2, 0.25) is 5.91 Å². The van der Waals surface area contributed by atoms with Crippen LogP contribution in [0.25, 0.3) is 0 Å². The second-order valence-corrected chi connectivity index (χ2v) is 6.61. The number of carbonyl (C=O) groups is 1. The molecule has 1 aliphatic rings. The van der Waals surface area contributed by atoms with Gasteiger partial charge in [0.1, 0.15) is 17.7 Å². The molecule has 1 aliphatic heterocycles. The second kappa shape index (κ2) is 8.06. The molecule has 6 heteroatoms. The minimum Gasteiger partial charge on any atom is -0.489 e. The van der Waals surface area contributed by atoms with Crippen molar-refractivity contribution in [3.8, 4) is 5.75 Å². The molecule has 1 fully saturated rings. The van der Waals surface area contributed by atoms with E-state index in [2.05, 4.69) is 11.6 Å². The van der Waals surface area contributed by atoms with Crippen LogP contribution in [0, 0.1) is 0 Å². The molecule has 1 aromatic carbocycles. The molecule has 0 bridgehead atoms. The number of hydrogen-bond acceptors (Lipinski definition) is 4. The summed E-state index contributed by atoms with van der Waals surface area (Å²) in [6, 6.07) is 7.93. The third kappa shape index (κ3) is 3.82. The number of ether oxygens (including phenoxy) is 1.